The molecule has 1 aliphatic heterocycles. The molecule has 1 saturated heterocycles. The van der Waals surface area contributed by atoms with Gasteiger partial charge in [0.2, 0.25) is 5.91 Å². The number of hydrogen-bond acceptors (Lipinski definition) is 3. The number of aryl methyl sites for hydroxylation is 1. The zero-order valence-electron chi connectivity index (χ0n) is 15.1. The first-order valence-electron chi connectivity index (χ1n) is 9.09. The first-order chi connectivity index (χ1) is 12.2. The Hall–Kier alpha value is -2.14. The summed E-state index contributed by atoms with van der Waals surface area (Å²) < 4.78 is 7.69. The highest BCUT2D eigenvalue weighted by molar-refractivity contribution is 5.83. The number of hydrogen-bond donors (Lipinski definition) is 1. The molecule has 1 fully saturated rings. The molecule has 5 heteroatoms. The molecule has 0 radical (unpaired) electrons. The lowest BCUT2D eigenvalue weighted by Crippen LogP contribution is -2.31. The fraction of sp³-hybridized carbons (Fsp3) is 0.500. The van der Waals surface area contributed by atoms with Gasteiger partial charge >= 0.3 is 0 Å². The SMILES string of the molecule is Cc1cnc(C2CCOCC2)n1CCNC(=O)C(C)c1ccccc1. The zero-order valence-corrected chi connectivity index (χ0v) is 15.1. The zero-order chi connectivity index (χ0) is 17.6. The van der Waals surface area contributed by atoms with E-state index >= 15 is 0 Å². The van der Waals surface area contributed by atoms with E-state index in [2.05, 4.69) is 21.8 Å². The molecule has 1 unspecified atom stereocenters. The van der Waals surface area contributed by atoms with Crippen molar-refractivity contribution in [1.82, 2.24) is 14.9 Å². The van der Waals surface area contributed by atoms with Crippen molar-refractivity contribution in [3.05, 3.63) is 53.6 Å². The maximum absolute atomic E-state index is 12.4. The summed E-state index contributed by atoms with van der Waals surface area (Å²) in [5, 5.41) is 3.06. The number of imidazole rings is 1. The first-order valence-corrected chi connectivity index (χ1v) is 9.09. The van der Waals surface area contributed by atoms with Crippen LogP contribution < -0.4 is 5.32 Å². The molecule has 1 aliphatic rings. The molecule has 1 aromatic carbocycles. The van der Waals surface area contributed by atoms with Crippen molar-refractivity contribution < 1.29 is 9.53 Å². The minimum absolute atomic E-state index is 0.0663. The lowest BCUT2D eigenvalue weighted by Gasteiger charge is -2.23. The molecule has 1 amide bonds. The lowest BCUT2D eigenvalue weighted by molar-refractivity contribution is -0.122. The van der Waals surface area contributed by atoms with Gasteiger partial charge in [0.25, 0.3) is 0 Å². The number of benzene rings is 1. The summed E-state index contributed by atoms with van der Waals surface area (Å²) in [4.78, 5) is 17.0. The summed E-state index contributed by atoms with van der Waals surface area (Å²) in [5.74, 6) is 1.52. The van der Waals surface area contributed by atoms with Crippen LogP contribution in [0.4, 0.5) is 0 Å². The largest absolute Gasteiger partial charge is 0.381 e. The van der Waals surface area contributed by atoms with E-state index in [1.165, 1.54) is 0 Å². The Kier molecular flexibility index (Phi) is 5.87. The van der Waals surface area contributed by atoms with Crippen molar-refractivity contribution in [3.8, 4) is 0 Å². The predicted molar refractivity (Wildman–Crippen MR) is 97.6 cm³/mol. The van der Waals surface area contributed by atoms with Crippen LogP contribution in [-0.4, -0.2) is 35.2 Å². The third-order valence-electron chi connectivity index (χ3n) is 5.00. The fourth-order valence-corrected chi connectivity index (χ4v) is 3.39. The van der Waals surface area contributed by atoms with Gasteiger partial charge in [-0.15, -0.1) is 0 Å². The topological polar surface area (TPSA) is 56.1 Å². The second-order valence-corrected chi connectivity index (χ2v) is 6.72. The Morgan fingerprint density at radius 1 is 1.32 bits per heavy atom. The van der Waals surface area contributed by atoms with E-state index in [9.17, 15) is 4.79 Å². The highest BCUT2D eigenvalue weighted by atomic mass is 16.5. The first kappa shape index (κ1) is 17.7. The van der Waals surface area contributed by atoms with Gasteiger partial charge in [0.1, 0.15) is 5.82 Å². The summed E-state index contributed by atoms with van der Waals surface area (Å²) >= 11 is 0. The van der Waals surface area contributed by atoms with E-state index in [0.717, 1.165) is 49.7 Å². The molecule has 3 rings (SSSR count). The lowest BCUT2D eigenvalue weighted by atomic mass is 9.99. The van der Waals surface area contributed by atoms with Gasteiger partial charge in [-0.25, -0.2) is 4.98 Å². The van der Waals surface area contributed by atoms with Crippen LogP contribution in [0.15, 0.2) is 36.5 Å². The molecule has 0 spiro atoms. The Morgan fingerprint density at radius 2 is 2.04 bits per heavy atom. The van der Waals surface area contributed by atoms with E-state index in [1.54, 1.807) is 0 Å². The average molecular weight is 341 g/mol. The number of amides is 1. The molecule has 1 atom stereocenters. The van der Waals surface area contributed by atoms with E-state index in [-0.39, 0.29) is 11.8 Å². The minimum Gasteiger partial charge on any atom is -0.381 e. The third-order valence-corrected chi connectivity index (χ3v) is 5.00. The van der Waals surface area contributed by atoms with Crippen molar-refractivity contribution >= 4 is 5.91 Å². The summed E-state index contributed by atoms with van der Waals surface area (Å²) in [5.41, 5.74) is 2.19. The molecule has 5 nitrogen and oxygen atoms in total. The molecule has 1 aromatic heterocycles. The second kappa shape index (κ2) is 8.30. The number of carbonyl (C=O) groups excluding carboxylic acids is 1. The maximum Gasteiger partial charge on any atom is 0.227 e. The van der Waals surface area contributed by atoms with Gasteiger partial charge in [0, 0.05) is 44.1 Å². The van der Waals surface area contributed by atoms with Gasteiger partial charge < -0.3 is 14.6 Å². The number of nitrogens with one attached hydrogen (secondary N) is 1. The average Bonchev–Trinajstić information content (AvgIpc) is 3.03. The number of carbonyl (C=O) groups is 1. The summed E-state index contributed by atoms with van der Waals surface area (Å²) in [6.45, 7) is 7.00. The number of ether oxygens (including phenoxy) is 1. The van der Waals surface area contributed by atoms with Gasteiger partial charge in [-0.2, -0.15) is 0 Å². The van der Waals surface area contributed by atoms with E-state index in [1.807, 2.05) is 43.5 Å². The van der Waals surface area contributed by atoms with E-state index in [0.29, 0.717) is 12.5 Å². The standard InChI is InChI=1S/C20H27N3O2/c1-15-14-22-19(18-8-12-25-13-9-18)23(15)11-10-21-20(24)16(2)17-6-4-3-5-7-17/h3-7,14,16,18H,8-13H2,1-2H3,(H,21,24). The van der Waals surface area contributed by atoms with Crippen LogP contribution in [-0.2, 0) is 16.1 Å². The number of aromatic nitrogens is 2. The van der Waals surface area contributed by atoms with Gasteiger partial charge in [0.15, 0.2) is 0 Å². The van der Waals surface area contributed by atoms with Crippen LogP contribution in [0.5, 0.6) is 0 Å². The van der Waals surface area contributed by atoms with Crippen LogP contribution in [0, 0.1) is 6.92 Å². The monoisotopic (exact) mass is 341 g/mol. The highest BCUT2D eigenvalue weighted by Gasteiger charge is 2.21. The molecule has 134 valence electrons. The molecular weight excluding hydrogens is 314 g/mol. The van der Waals surface area contributed by atoms with E-state index < -0.39 is 0 Å². The molecule has 0 saturated carbocycles. The van der Waals surface area contributed by atoms with Gasteiger partial charge in [-0.1, -0.05) is 30.3 Å². The van der Waals surface area contributed by atoms with Crippen molar-refractivity contribution in [2.45, 2.75) is 45.1 Å². The predicted octanol–water partition coefficient (Wildman–Crippen LogP) is 3.01. The van der Waals surface area contributed by atoms with Crippen LogP contribution in [0.3, 0.4) is 0 Å². The Labute approximate surface area is 149 Å². The number of nitrogens with zero attached hydrogens (tertiary/aromatic N) is 2. The Balaban J connectivity index is 1.57. The van der Waals surface area contributed by atoms with Crippen LogP contribution in [0.25, 0.3) is 0 Å². The van der Waals surface area contributed by atoms with Crippen LogP contribution >= 0.6 is 0 Å². The third kappa shape index (κ3) is 4.28. The van der Waals surface area contributed by atoms with Crippen molar-refractivity contribution in [2.75, 3.05) is 19.8 Å². The Bertz CT molecular complexity index is 690. The minimum atomic E-state index is -0.139. The van der Waals surface area contributed by atoms with Crippen LogP contribution in [0.2, 0.25) is 0 Å². The Morgan fingerprint density at radius 3 is 2.76 bits per heavy atom. The van der Waals surface area contributed by atoms with Crippen LogP contribution in [0.1, 0.15) is 48.7 Å². The smallest absolute Gasteiger partial charge is 0.227 e. The summed E-state index contributed by atoms with van der Waals surface area (Å²) in [6.07, 6.45) is 3.97. The van der Waals surface area contributed by atoms with Gasteiger partial charge in [0.05, 0.1) is 5.92 Å². The van der Waals surface area contributed by atoms with E-state index in [4.69, 9.17) is 4.74 Å². The second-order valence-electron chi connectivity index (χ2n) is 6.72. The fourth-order valence-electron chi connectivity index (χ4n) is 3.39. The van der Waals surface area contributed by atoms with Gasteiger partial charge in [-0.05, 0) is 32.3 Å². The highest BCUT2D eigenvalue weighted by Crippen LogP contribution is 2.26. The summed E-state index contributed by atoms with van der Waals surface area (Å²) in [6, 6.07) is 9.89. The van der Waals surface area contributed by atoms with Gasteiger partial charge in [-0.3, -0.25) is 4.79 Å². The molecule has 2 aromatic rings. The molecular formula is C20H27N3O2. The number of rotatable bonds is 6. The summed E-state index contributed by atoms with van der Waals surface area (Å²) in [7, 11) is 0. The normalized spacial score (nSPS) is 16.6. The molecule has 25 heavy (non-hydrogen) atoms. The van der Waals surface area contributed by atoms with Crippen molar-refractivity contribution in [3.63, 3.8) is 0 Å². The van der Waals surface area contributed by atoms with Crippen molar-refractivity contribution in [2.24, 2.45) is 0 Å². The molecule has 2 heterocycles. The van der Waals surface area contributed by atoms with Crippen molar-refractivity contribution in [1.29, 1.82) is 0 Å². The quantitative estimate of drug-likeness (QED) is 0.879. The molecule has 0 bridgehead atoms. The molecule has 1 N–H and O–H groups in total. The molecule has 0 aliphatic carbocycles. The maximum atomic E-state index is 12.4.